The molecule has 0 amide bonds. The van der Waals surface area contributed by atoms with Crippen LogP contribution < -0.4 is 4.74 Å². The zero-order valence-electron chi connectivity index (χ0n) is 7.51. The molecule has 0 radical (unpaired) electrons. The Bertz CT molecular complexity index is 466. The van der Waals surface area contributed by atoms with Gasteiger partial charge in [0.15, 0.2) is 5.06 Å². The van der Waals surface area contributed by atoms with Gasteiger partial charge in [-0.3, -0.25) is 0 Å². The van der Waals surface area contributed by atoms with Crippen LogP contribution in [0.3, 0.4) is 0 Å². The number of methoxy groups -OCH3 is 1. The van der Waals surface area contributed by atoms with Crippen LogP contribution in [-0.4, -0.2) is 7.11 Å². The van der Waals surface area contributed by atoms with Crippen molar-refractivity contribution in [3.63, 3.8) is 0 Å². The molecule has 0 fully saturated rings. The normalized spacial score (nSPS) is 10.8. The van der Waals surface area contributed by atoms with E-state index in [0.717, 1.165) is 15.1 Å². The summed E-state index contributed by atoms with van der Waals surface area (Å²) in [5, 5.41) is 1.76. The minimum atomic E-state index is -0.253. The monoisotopic (exact) mass is 230 g/mol. The molecule has 0 bridgehead atoms. The second kappa shape index (κ2) is 3.75. The Morgan fingerprint density at radius 3 is 2.86 bits per heavy atom. The highest BCUT2D eigenvalue weighted by Gasteiger charge is 2.07. The Morgan fingerprint density at radius 2 is 2.21 bits per heavy atom. The van der Waals surface area contributed by atoms with Gasteiger partial charge in [-0.15, -0.1) is 11.6 Å². The van der Waals surface area contributed by atoms with Crippen LogP contribution in [0.2, 0.25) is 0 Å². The van der Waals surface area contributed by atoms with Gasteiger partial charge in [-0.25, -0.2) is 4.39 Å². The number of benzene rings is 1. The topological polar surface area (TPSA) is 9.23 Å². The van der Waals surface area contributed by atoms with Crippen molar-refractivity contribution in [2.24, 2.45) is 0 Å². The molecule has 0 spiro atoms. The van der Waals surface area contributed by atoms with Gasteiger partial charge >= 0.3 is 0 Å². The van der Waals surface area contributed by atoms with Crippen molar-refractivity contribution in [1.82, 2.24) is 0 Å². The highest BCUT2D eigenvalue weighted by atomic mass is 35.5. The Hall–Kier alpha value is -0.800. The molecule has 0 unspecified atom stereocenters. The number of alkyl halides is 1. The van der Waals surface area contributed by atoms with Gasteiger partial charge in [0.25, 0.3) is 0 Å². The van der Waals surface area contributed by atoms with Crippen molar-refractivity contribution in [1.29, 1.82) is 0 Å². The summed E-state index contributed by atoms with van der Waals surface area (Å²) in [7, 11) is 1.60. The van der Waals surface area contributed by atoms with Crippen molar-refractivity contribution in [2.75, 3.05) is 7.11 Å². The van der Waals surface area contributed by atoms with Crippen LogP contribution in [0.15, 0.2) is 18.2 Å². The number of fused-ring (bicyclic) bond motifs is 1. The van der Waals surface area contributed by atoms with Crippen LogP contribution >= 0.6 is 22.9 Å². The number of halogens is 2. The number of hydrogen-bond donors (Lipinski definition) is 0. The molecule has 0 aliphatic carbocycles. The molecule has 1 aromatic heterocycles. The molecule has 2 aromatic rings. The summed E-state index contributed by atoms with van der Waals surface area (Å²) in [6.45, 7) is 0. The summed E-state index contributed by atoms with van der Waals surface area (Å²) in [6.07, 6.45) is 0. The quantitative estimate of drug-likeness (QED) is 0.714. The first-order valence-electron chi connectivity index (χ1n) is 4.06. The molecular weight excluding hydrogens is 223 g/mol. The molecule has 1 aromatic carbocycles. The van der Waals surface area contributed by atoms with Gasteiger partial charge in [0.2, 0.25) is 0 Å². The van der Waals surface area contributed by atoms with E-state index in [1.807, 2.05) is 6.07 Å². The fourth-order valence-corrected chi connectivity index (χ4v) is 2.38. The van der Waals surface area contributed by atoms with Gasteiger partial charge in [0.1, 0.15) is 5.82 Å². The first-order chi connectivity index (χ1) is 6.74. The fraction of sp³-hybridized carbons (Fsp3) is 0.200. The first kappa shape index (κ1) is 9.74. The molecule has 14 heavy (non-hydrogen) atoms. The van der Waals surface area contributed by atoms with E-state index in [1.54, 1.807) is 13.2 Å². The third kappa shape index (κ3) is 1.57. The number of hydrogen-bond acceptors (Lipinski definition) is 2. The minimum absolute atomic E-state index is 0.194. The Labute approximate surface area is 90.1 Å². The third-order valence-electron chi connectivity index (χ3n) is 2.01. The Balaban J connectivity index is 2.64. The van der Waals surface area contributed by atoms with Gasteiger partial charge in [-0.1, -0.05) is 11.3 Å². The molecule has 0 saturated heterocycles. The van der Waals surface area contributed by atoms with Crippen LogP contribution in [0.25, 0.3) is 10.1 Å². The lowest BCUT2D eigenvalue weighted by Crippen LogP contribution is -1.83. The summed E-state index contributed by atoms with van der Waals surface area (Å²) < 4.78 is 19.3. The lowest BCUT2D eigenvalue weighted by atomic mass is 10.2. The van der Waals surface area contributed by atoms with E-state index in [9.17, 15) is 4.39 Å². The van der Waals surface area contributed by atoms with Gasteiger partial charge in [-0.2, -0.15) is 0 Å². The Morgan fingerprint density at radius 1 is 1.43 bits per heavy atom. The van der Waals surface area contributed by atoms with Crippen molar-refractivity contribution in [3.05, 3.63) is 29.6 Å². The highest BCUT2D eigenvalue weighted by molar-refractivity contribution is 7.20. The molecule has 0 saturated carbocycles. The summed E-state index contributed by atoms with van der Waals surface area (Å²) in [5.74, 6) is -0.0584. The molecule has 1 heterocycles. The summed E-state index contributed by atoms with van der Waals surface area (Å²) in [6, 6.07) is 5.15. The van der Waals surface area contributed by atoms with Crippen molar-refractivity contribution in [3.8, 4) is 5.06 Å². The predicted molar refractivity (Wildman–Crippen MR) is 57.9 cm³/mol. The lowest BCUT2D eigenvalue weighted by molar-refractivity contribution is 0.427. The molecule has 0 N–H and O–H groups in total. The van der Waals surface area contributed by atoms with Gasteiger partial charge in [-0.05, 0) is 23.6 Å². The van der Waals surface area contributed by atoms with E-state index >= 15 is 0 Å². The number of thiophene rings is 1. The molecule has 4 heteroatoms. The lowest BCUT2D eigenvalue weighted by Gasteiger charge is -1.97. The molecule has 2 rings (SSSR count). The highest BCUT2D eigenvalue weighted by Crippen LogP contribution is 2.33. The van der Waals surface area contributed by atoms with Crippen LogP contribution in [0, 0.1) is 5.82 Å². The number of ether oxygens (including phenoxy) is 1. The molecule has 1 nitrogen and oxygen atoms in total. The third-order valence-corrected chi connectivity index (χ3v) is 3.35. The van der Waals surface area contributed by atoms with E-state index in [4.69, 9.17) is 16.3 Å². The van der Waals surface area contributed by atoms with Crippen molar-refractivity contribution >= 4 is 33.0 Å². The van der Waals surface area contributed by atoms with E-state index in [-0.39, 0.29) is 11.7 Å². The fourth-order valence-electron chi connectivity index (χ4n) is 1.29. The predicted octanol–water partition coefficient (Wildman–Crippen LogP) is 3.79. The van der Waals surface area contributed by atoms with Crippen molar-refractivity contribution < 1.29 is 9.13 Å². The van der Waals surface area contributed by atoms with Gasteiger partial charge in [0.05, 0.1) is 13.0 Å². The summed E-state index contributed by atoms with van der Waals surface area (Å²) in [5.41, 5.74) is 0.527. The Kier molecular flexibility index (Phi) is 2.61. The second-order valence-electron chi connectivity index (χ2n) is 2.88. The molecular formula is C10H8ClFOS. The van der Waals surface area contributed by atoms with E-state index in [1.165, 1.54) is 17.4 Å². The zero-order chi connectivity index (χ0) is 10.1. The first-order valence-corrected chi connectivity index (χ1v) is 5.41. The van der Waals surface area contributed by atoms with Gasteiger partial charge < -0.3 is 4.74 Å². The maximum absolute atomic E-state index is 13.3. The minimum Gasteiger partial charge on any atom is -0.487 e. The average Bonchev–Trinajstić information content (AvgIpc) is 2.58. The summed E-state index contributed by atoms with van der Waals surface area (Å²) >= 11 is 7.03. The molecule has 0 aliphatic rings. The van der Waals surface area contributed by atoms with E-state index in [0.29, 0.717) is 5.56 Å². The van der Waals surface area contributed by atoms with Crippen LogP contribution in [0.1, 0.15) is 5.56 Å². The van der Waals surface area contributed by atoms with Crippen molar-refractivity contribution in [2.45, 2.75) is 5.88 Å². The van der Waals surface area contributed by atoms with Crippen LogP contribution in [0.4, 0.5) is 4.39 Å². The largest absolute Gasteiger partial charge is 0.487 e. The smallest absolute Gasteiger partial charge is 0.174 e. The molecule has 0 aliphatic heterocycles. The van der Waals surface area contributed by atoms with E-state index < -0.39 is 0 Å². The number of rotatable bonds is 2. The van der Waals surface area contributed by atoms with Crippen LogP contribution in [-0.2, 0) is 5.88 Å². The maximum atomic E-state index is 13.3. The molecule has 74 valence electrons. The second-order valence-corrected chi connectivity index (χ2v) is 4.20. The SMILES string of the molecule is COc1cc2cc(CCl)c(F)cc2s1. The van der Waals surface area contributed by atoms with Crippen LogP contribution in [0.5, 0.6) is 5.06 Å². The van der Waals surface area contributed by atoms with E-state index in [2.05, 4.69) is 0 Å². The van der Waals surface area contributed by atoms with Gasteiger partial charge in [0, 0.05) is 10.3 Å². The maximum Gasteiger partial charge on any atom is 0.174 e. The molecule has 0 atom stereocenters. The standard InChI is InChI=1S/C10H8ClFOS/c1-13-10-3-6-2-7(5-11)8(12)4-9(6)14-10/h2-4H,5H2,1H3. The summed E-state index contributed by atoms with van der Waals surface area (Å²) in [4.78, 5) is 0. The average molecular weight is 231 g/mol. The zero-order valence-corrected chi connectivity index (χ0v) is 9.08.